The molecule has 0 aromatic carbocycles. The number of ether oxygens (including phenoxy) is 1. The highest BCUT2D eigenvalue weighted by atomic mass is 16.5. The van der Waals surface area contributed by atoms with Crippen LogP contribution in [-0.2, 0) is 4.74 Å². The molecule has 0 aliphatic carbocycles. The molecule has 7 heteroatoms. The standard InChI is InChI=1S/C8H16O4.B3H2/c1-5-3-12-4-6(2-9)8(11)7(5)10;1-3-2/h5-11H,2-4H2,1H3;1-2H/t5-,6+,7?,8+;/m1./s1. The zero-order valence-electron chi connectivity index (χ0n) is 9.17. The molecule has 0 amide bonds. The first-order valence-corrected chi connectivity index (χ1v) is 5.03. The Labute approximate surface area is 94.0 Å². The summed E-state index contributed by atoms with van der Waals surface area (Å²) in [4.78, 5) is 0. The highest BCUT2D eigenvalue weighted by Gasteiger charge is 2.32. The third kappa shape index (κ3) is 5.06. The molecule has 1 heterocycles. The van der Waals surface area contributed by atoms with Gasteiger partial charge < -0.3 is 20.1 Å². The summed E-state index contributed by atoms with van der Waals surface area (Å²) in [5, 5.41) is 27.8. The highest BCUT2D eigenvalue weighted by Crippen LogP contribution is 2.19. The topological polar surface area (TPSA) is 69.9 Å². The molecule has 1 unspecified atom stereocenters. The monoisotopic (exact) mass is 211 g/mol. The smallest absolute Gasteiger partial charge is 0.0874 e. The van der Waals surface area contributed by atoms with Crippen LogP contribution >= 0.6 is 0 Å². The molecule has 4 atom stereocenters. The summed E-state index contributed by atoms with van der Waals surface area (Å²) in [6, 6.07) is 0. The Balaban J connectivity index is 0.000000583. The van der Waals surface area contributed by atoms with Gasteiger partial charge in [0.25, 0.3) is 0 Å². The number of hydrogen-bond donors (Lipinski definition) is 3. The average Bonchev–Trinajstić information content (AvgIpc) is 2.33. The minimum atomic E-state index is -0.868. The van der Waals surface area contributed by atoms with Crippen LogP contribution in [0, 0.1) is 11.8 Å². The third-order valence-corrected chi connectivity index (χ3v) is 2.36. The maximum Gasteiger partial charge on any atom is 0.0874 e. The molecule has 3 radical (unpaired) electrons. The molecule has 3 N–H and O–H groups in total. The van der Waals surface area contributed by atoms with E-state index in [4.69, 9.17) is 9.84 Å². The summed E-state index contributed by atoms with van der Waals surface area (Å²) < 4.78 is 5.17. The van der Waals surface area contributed by atoms with Crippen LogP contribution in [0.3, 0.4) is 0 Å². The maximum absolute atomic E-state index is 9.50. The second-order valence-corrected chi connectivity index (χ2v) is 3.73. The maximum atomic E-state index is 9.50. The van der Waals surface area contributed by atoms with Gasteiger partial charge in [-0.05, 0) is 0 Å². The minimum absolute atomic E-state index is 0.0726. The first-order valence-electron chi connectivity index (χ1n) is 5.03. The number of aliphatic hydroxyl groups is 3. The minimum Gasteiger partial charge on any atom is -0.396 e. The van der Waals surface area contributed by atoms with Crippen molar-refractivity contribution in [2.24, 2.45) is 11.8 Å². The lowest BCUT2D eigenvalue weighted by Crippen LogP contribution is -2.38. The molecule has 15 heavy (non-hydrogen) atoms. The van der Waals surface area contributed by atoms with Gasteiger partial charge in [0.05, 0.1) is 32.0 Å². The third-order valence-electron chi connectivity index (χ3n) is 2.36. The molecule has 1 aliphatic rings. The summed E-state index contributed by atoms with van der Waals surface area (Å²) >= 11 is 0. The van der Waals surface area contributed by atoms with Crippen LogP contribution < -0.4 is 0 Å². The lowest BCUT2D eigenvalue weighted by molar-refractivity contribution is -0.0439. The van der Waals surface area contributed by atoms with Crippen molar-refractivity contribution in [1.82, 2.24) is 0 Å². The van der Waals surface area contributed by atoms with Crippen LogP contribution in [0.15, 0.2) is 0 Å². The summed E-state index contributed by atoms with van der Waals surface area (Å²) in [7, 11) is 8.00. The molecule has 1 aliphatic heterocycles. The Morgan fingerprint density at radius 1 is 1.27 bits per heavy atom. The molecule has 1 rings (SSSR count). The Bertz CT molecular complexity index is 159. The molecule has 0 bridgehead atoms. The average molecular weight is 211 g/mol. The lowest BCUT2D eigenvalue weighted by atomic mass is 9.40. The number of rotatable bonds is 1. The molecule has 0 saturated carbocycles. The van der Waals surface area contributed by atoms with Crippen LogP contribution in [-0.4, -0.2) is 69.9 Å². The summed E-state index contributed by atoms with van der Waals surface area (Å²) in [5.74, 6) is -0.429. The zero-order valence-corrected chi connectivity index (χ0v) is 9.17. The highest BCUT2D eigenvalue weighted by molar-refractivity contribution is 7.17. The van der Waals surface area contributed by atoms with Crippen molar-refractivity contribution in [3.63, 3.8) is 0 Å². The van der Waals surface area contributed by atoms with Crippen molar-refractivity contribution < 1.29 is 20.1 Å². The van der Waals surface area contributed by atoms with Gasteiger partial charge >= 0.3 is 0 Å². The van der Waals surface area contributed by atoms with E-state index < -0.39 is 12.2 Å². The van der Waals surface area contributed by atoms with E-state index in [1.807, 2.05) is 6.92 Å². The Morgan fingerprint density at radius 2 is 1.80 bits per heavy atom. The Morgan fingerprint density at radius 3 is 2.27 bits per heavy atom. The van der Waals surface area contributed by atoms with Gasteiger partial charge in [0, 0.05) is 34.4 Å². The molecule has 0 aromatic heterocycles. The largest absolute Gasteiger partial charge is 0.396 e. The van der Waals surface area contributed by atoms with Crippen molar-refractivity contribution in [3.8, 4) is 0 Å². The van der Waals surface area contributed by atoms with Gasteiger partial charge in [-0.2, -0.15) is 0 Å². The van der Waals surface area contributed by atoms with E-state index in [1.54, 1.807) is 0 Å². The first-order chi connectivity index (χ1) is 7.08. The fraction of sp³-hybridized carbons (Fsp3) is 1.00. The van der Waals surface area contributed by atoms with Crippen molar-refractivity contribution in [2.45, 2.75) is 19.1 Å². The van der Waals surface area contributed by atoms with Gasteiger partial charge in [-0.3, -0.25) is 0 Å². The molecule has 0 spiro atoms. The van der Waals surface area contributed by atoms with Gasteiger partial charge in [-0.15, -0.1) is 0 Å². The van der Waals surface area contributed by atoms with E-state index in [0.29, 0.717) is 13.2 Å². The van der Waals surface area contributed by atoms with E-state index in [2.05, 4.69) is 15.5 Å². The van der Waals surface area contributed by atoms with Crippen LogP contribution in [0.5, 0.6) is 0 Å². The van der Waals surface area contributed by atoms with Gasteiger partial charge in [0.15, 0.2) is 0 Å². The lowest BCUT2D eigenvalue weighted by Gasteiger charge is -2.23. The number of aliphatic hydroxyl groups excluding tert-OH is 3. The molecular weight excluding hydrogens is 193 g/mol. The molecule has 0 aromatic rings. The van der Waals surface area contributed by atoms with Crippen molar-refractivity contribution in [2.75, 3.05) is 19.8 Å². The van der Waals surface area contributed by atoms with E-state index >= 15 is 0 Å². The van der Waals surface area contributed by atoms with Gasteiger partial charge in [0.2, 0.25) is 0 Å². The molecular formula is C8H18B3O4. The van der Waals surface area contributed by atoms with E-state index in [0.717, 1.165) is 0 Å². The predicted molar refractivity (Wildman–Crippen MR) is 62.6 cm³/mol. The van der Waals surface area contributed by atoms with Crippen LogP contribution in [0.2, 0.25) is 0 Å². The Kier molecular flexibility index (Phi) is 8.24. The normalized spacial score (nSPS) is 36.0. The molecule has 1 saturated heterocycles. The van der Waals surface area contributed by atoms with Crippen LogP contribution in [0.4, 0.5) is 0 Å². The molecule has 1 fully saturated rings. The van der Waals surface area contributed by atoms with Gasteiger partial charge in [-0.1, -0.05) is 6.92 Å². The van der Waals surface area contributed by atoms with Crippen LogP contribution in [0.1, 0.15) is 6.92 Å². The predicted octanol–water partition coefficient (Wildman–Crippen LogP) is -2.69. The van der Waals surface area contributed by atoms with E-state index in [-0.39, 0.29) is 18.4 Å². The number of hydrogen-bond acceptors (Lipinski definition) is 4. The summed E-state index contributed by atoms with van der Waals surface area (Å²) in [6.45, 7) is 2.42. The quantitative estimate of drug-likeness (QED) is 0.412. The van der Waals surface area contributed by atoms with Gasteiger partial charge in [0.1, 0.15) is 0 Å². The fourth-order valence-corrected chi connectivity index (χ4v) is 1.38. The fourth-order valence-electron chi connectivity index (χ4n) is 1.38. The van der Waals surface area contributed by atoms with Gasteiger partial charge in [-0.25, -0.2) is 0 Å². The van der Waals surface area contributed by atoms with E-state index in [1.165, 1.54) is 7.06 Å². The SMILES string of the molecule is C[C@@H]1COC[C@H](CO)[C@H](O)C1O.[BH][B][BH]. The first kappa shape index (κ1) is 15.0. The van der Waals surface area contributed by atoms with Crippen LogP contribution in [0.25, 0.3) is 0 Å². The molecule has 4 nitrogen and oxygen atoms in total. The second kappa shape index (κ2) is 8.22. The van der Waals surface area contributed by atoms with Crippen molar-refractivity contribution >= 4 is 22.5 Å². The summed E-state index contributed by atoms with van der Waals surface area (Å²) in [6.07, 6.45) is -1.66. The Hall–Kier alpha value is 0.0348. The second-order valence-electron chi connectivity index (χ2n) is 3.73. The zero-order chi connectivity index (χ0) is 11.8. The summed E-state index contributed by atoms with van der Waals surface area (Å²) in [5.41, 5.74) is 0. The molecule has 83 valence electrons. The van der Waals surface area contributed by atoms with Crippen molar-refractivity contribution in [1.29, 1.82) is 0 Å². The van der Waals surface area contributed by atoms with Crippen molar-refractivity contribution in [3.05, 3.63) is 0 Å². The van der Waals surface area contributed by atoms with E-state index in [9.17, 15) is 10.2 Å².